The van der Waals surface area contributed by atoms with Gasteiger partial charge in [0.2, 0.25) is 0 Å². The largest absolute Gasteiger partial charge is 0.466 e. The molecular weight excluding hydrogens is 189 g/mol. The first-order valence-corrected chi connectivity index (χ1v) is 6.81. The molecule has 0 rings (SSSR count). The van der Waals surface area contributed by atoms with E-state index in [1.54, 1.807) is 0 Å². The standard InChI is InChI=1S/C5H13F3OSi2/c1-11(9-10)4-2-3-5(6,7)8/h11H,2-4H2,1,10H3. The zero-order valence-corrected chi connectivity index (χ0v) is 9.90. The molecule has 0 bridgehead atoms. The maximum Gasteiger partial charge on any atom is 0.389 e. The third-order valence-electron chi connectivity index (χ3n) is 1.47. The summed E-state index contributed by atoms with van der Waals surface area (Å²) >= 11 is 0. The van der Waals surface area contributed by atoms with Gasteiger partial charge in [-0.05, 0) is 19.0 Å². The van der Waals surface area contributed by atoms with E-state index in [-0.39, 0.29) is 6.42 Å². The molecule has 0 aromatic rings. The first-order valence-electron chi connectivity index (χ1n) is 3.55. The van der Waals surface area contributed by atoms with E-state index in [4.69, 9.17) is 4.12 Å². The second-order valence-corrected chi connectivity index (χ2v) is 6.64. The highest BCUT2D eigenvalue weighted by Crippen LogP contribution is 2.22. The minimum Gasteiger partial charge on any atom is -0.466 e. The van der Waals surface area contributed by atoms with Crippen LogP contribution in [0.25, 0.3) is 0 Å². The maximum atomic E-state index is 11.6. The lowest BCUT2D eigenvalue weighted by Crippen LogP contribution is -2.13. The highest BCUT2D eigenvalue weighted by molar-refractivity contribution is 6.54. The van der Waals surface area contributed by atoms with Gasteiger partial charge in [0.05, 0.1) is 0 Å². The SMILES string of the molecule is C[SiH](CCCC(F)(F)F)O[SiH3]. The summed E-state index contributed by atoms with van der Waals surface area (Å²) in [7, 11) is -0.550. The lowest BCUT2D eigenvalue weighted by atomic mass is 10.3. The molecule has 0 aromatic heterocycles. The molecule has 1 unspecified atom stereocenters. The van der Waals surface area contributed by atoms with Gasteiger partial charge in [0.15, 0.2) is 9.04 Å². The summed E-state index contributed by atoms with van der Waals surface area (Å²) < 4.78 is 39.9. The van der Waals surface area contributed by atoms with Gasteiger partial charge < -0.3 is 4.12 Å². The molecule has 0 amide bonds. The van der Waals surface area contributed by atoms with E-state index in [2.05, 4.69) is 0 Å². The summed E-state index contributed by atoms with van der Waals surface area (Å²) in [4.78, 5) is 0. The Labute approximate surface area is 69.2 Å². The molecule has 0 aliphatic carbocycles. The average Bonchev–Trinajstić information content (AvgIpc) is 1.85. The van der Waals surface area contributed by atoms with Crippen LogP contribution in [0.1, 0.15) is 12.8 Å². The molecule has 0 spiro atoms. The van der Waals surface area contributed by atoms with Crippen LogP contribution in [0.4, 0.5) is 13.2 Å². The first kappa shape index (κ1) is 11.2. The lowest BCUT2D eigenvalue weighted by Gasteiger charge is -2.08. The van der Waals surface area contributed by atoms with E-state index < -0.39 is 21.6 Å². The summed E-state index contributed by atoms with van der Waals surface area (Å²) in [5.74, 6) is 0. The number of hydrogen-bond donors (Lipinski definition) is 0. The smallest absolute Gasteiger partial charge is 0.389 e. The molecule has 68 valence electrons. The Morgan fingerprint density at radius 1 is 1.45 bits per heavy atom. The van der Waals surface area contributed by atoms with E-state index in [0.29, 0.717) is 16.5 Å². The molecule has 0 aliphatic heterocycles. The van der Waals surface area contributed by atoms with Crippen LogP contribution in [0.3, 0.4) is 0 Å². The van der Waals surface area contributed by atoms with E-state index in [9.17, 15) is 13.2 Å². The van der Waals surface area contributed by atoms with Crippen molar-refractivity contribution in [3.63, 3.8) is 0 Å². The molecule has 11 heavy (non-hydrogen) atoms. The second kappa shape index (κ2) is 4.94. The van der Waals surface area contributed by atoms with E-state index in [1.807, 2.05) is 6.55 Å². The summed E-state index contributed by atoms with van der Waals surface area (Å²) in [5, 5.41) is 0. The molecule has 0 radical (unpaired) electrons. The Hall–Kier alpha value is 0.184. The molecule has 0 saturated heterocycles. The molecule has 0 aliphatic rings. The molecule has 0 saturated carbocycles. The van der Waals surface area contributed by atoms with Crippen molar-refractivity contribution in [3.8, 4) is 0 Å². The van der Waals surface area contributed by atoms with E-state index >= 15 is 0 Å². The molecular formula is C5H13F3OSi2. The Morgan fingerprint density at radius 3 is 2.36 bits per heavy atom. The van der Waals surface area contributed by atoms with Crippen molar-refractivity contribution in [2.45, 2.75) is 31.6 Å². The van der Waals surface area contributed by atoms with Gasteiger partial charge >= 0.3 is 6.18 Å². The van der Waals surface area contributed by atoms with Crippen molar-refractivity contribution < 1.29 is 17.3 Å². The van der Waals surface area contributed by atoms with Gasteiger partial charge in [-0.1, -0.05) is 0 Å². The van der Waals surface area contributed by atoms with Crippen molar-refractivity contribution >= 4 is 19.5 Å². The average molecular weight is 202 g/mol. The number of halogens is 3. The van der Waals surface area contributed by atoms with Crippen LogP contribution in [-0.4, -0.2) is 25.7 Å². The third kappa shape index (κ3) is 8.09. The third-order valence-corrected chi connectivity index (χ3v) is 5.91. The van der Waals surface area contributed by atoms with Crippen LogP contribution in [0.2, 0.25) is 12.6 Å². The van der Waals surface area contributed by atoms with Crippen molar-refractivity contribution in [2.75, 3.05) is 0 Å². The highest BCUT2D eigenvalue weighted by Gasteiger charge is 2.26. The second-order valence-electron chi connectivity index (χ2n) is 2.55. The van der Waals surface area contributed by atoms with Gasteiger partial charge in [-0.25, -0.2) is 0 Å². The van der Waals surface area contributed by atoms with Gasteiger partial charge in [-0.3, -0.25) is 0 Å². The normalized spacial score (nSPS) is 15.3. The fraction of sp³-hybridized carbons (Fsp3) is 1.00. The minimum atomic E-state index is -3.99. The van der Waals surface area contributed by atoms with Crippen LogP contribution in [0.15, 0.2) is 0 Å². The minimum absolute atomic E-state index is 0.235. The van der Waals surface area contributed by atoms with Crippen LogP contribution in [0.5, 0.6) is 0 Å². The Bertz CT molecular complexity index is 106. The van der Waals surface area contributed by atoms with Crippen molar-refractivity contribution in [2.24, 2.45) is 0 Å². The quantitative estimate of drug-likeness (QED) is 0.618. The fourth-order valence-electron chi connectivity index (χ4n) is 0.708. The Morgan fingerprint density at radius 2 is 2.00 bits per heavy atom. The number of rotatable bonds is 4. The highest BCUT2D eigenvalue weighted by atomic mass is 28.3. The topological polar surface area (TPSA) is 9.23 Å². The molecule has 0 aromatic carbocycles. The zero-order valence-electron chi connectivity index (χ0n) is 6.74. The molecule has 0 N–H and O–H groups in total. The van der Waals surface area contributed by atoms with E-state index in [0.717, 1.165) is 0 Å². The summed E-state index contributed by atoms with van der Waals surface area (Å²) in [6.07, 6.45) is -4.41. The molecule has 1 nitrogen and oxygen atoms in total. The summed E-state index contributed by atoms with van der Waals surface area (Å²) in [5.41, 5.74) is 0. The Balaban J connectivity index is 3.28. The number of hydrogen-bond acceptors (Lipinski definition) is 1. The summed E-state index contributed by atoms with van der Waals surface area (Å²) in [6.45, 7) is 1.93. The maximum absolute atomic E-state index is 11.6. The predicted octanol–water partition coefficient (Wildman–Crippen LogP) is 0.979. The van der Waals surface area contributed by atoms with Gasteiger partial charge in [0.25, 0.3) is 0 Å². The lowest BCUT2D eigenvalue weighted by molar-refractivity contribution is -0.134. The van der Waals surface area contributed by atoms with Crippen molar-refractivity contribution in [3.05, 3.63) is 0 Å². The van der Waals surface area contributed by atoms with Crippen LogP contribution in [0, 0.1) is 0 Å². The number of alkyl halides is 3. The first-order chi connectivity index (χ1) is 4.95. The van der Waals surface area contributed by atoms with Crippen LogP contribution >= 0.6 is 0 Å². The van der Waals surface area contributed by atoms with E-state index in [1.165, 1.54) is 0 Å². The molecule has 0 fully saturated rings. The zero-order chi connectivity index (χ0) is 8.91. The van der Waals surface area contributed by atoms with Crippen molar-refractivity contribution in [1.29, 1.82) is 0 Å². The summed E-state index contributed by atoms with van der Waals surface area (Å²) in [6, 6.07) is 0.642. The molecule has 1 atom stereocenters. The van der Waals surface area contributed by atoms with Crippen molar-refractivity contribution in [1.82, 2.24) is 0 Å². The molecule has 0 heterocycles. The fourth-order valence-corrected chi connectivity index (χ4v) is 2.43. The monoisotopic (exact) mass is 202 g/mol. The molecule has 6 heteroatoms. The van der Waals surface area contributed by atoms with Gasteiger partial charge in [0.1, 0.15) is 10.5 Å². The predicted molar refractivity (Wildman–Crippen MR) is 44.1 cm³/mol. The Kier molecular flexibility index (Phi) is 5.02. The van der Waals surface area contributed by atoms with Crippen LogP contribution in [-0.2, 0) is 4.12 Å². The van der Waals surface area contributed by atoms with Gasteiger partial charge in [0, 0.05) is 6.42 Å². The van der Waals surface area contributed by atoms with Gasteiger partial charge in [-0.2, -0.15) is 13.2 Å². The van der Waals surface area contributed by atoms with Gasteiger partial charge in [-0.15, -0.1) is 0 Å². The van der Waals surface area contributed by atoms with Crippen LogP contribution < -0.4 is 0 Å².